The van der Waals surface area contributed by atoms with Crippen molar-refractivity contribution in [3.63, 3.8) is 0 Å². The minimum absolute atomic E-state index is 0.544. The van der Waals surface area contributed by atoms with Crippen LogP contribution in [0.3, 0.4) is 0 Å². The second kappa shape index (κ2) is 4.59. The molecule has 3 heterocycles. The Morgan fingerprint density at radius 2 is 2.10 bits per heavy atom. The van der Waals surface area contributed by atoms with Crippen molar-refractivity contribution in [2.45, 2.75) is 27.2 Å². The van der Waals surface area contributed by atoms with Gasteiger partial charge in [0, 0.05) is 12.7 Å². The number of aromatic nitrogens is 6. The normalized spacial score (nSPS) is 11.2. The molecule has 3 rings (SSSR count). The van der Waals surface area contributed by atoms with Crippen molar-refractivity contribution >= 4 is 17.0 Å². The summed E-state index contributed by atoms with van der Waals surface area (Å²) in [5.74, 6) is 1.29. The molecule has 20 heavy (non-hydrogen) atoms. The monoisotopic (exact) mass is 271 g/mol. The summed E-state index contributed by atoms with van der Waals surface area (Å²) in [6.45, 7) is 6.22. The fourth-order valence-corrected chi connectivity index (χ4v) is 2.49. The van der Waals surface area contributed by atoms with Crippen LogP contribution in [0, 0.1) is 13.8 Å². The Balaban J connectivity index is 2.31. The van der Waals surface area contributed by atoms with Crippen molar-refractivity contribution in [1.82, 2.24) is 29.9 Å². The second-order valence-electron chi connectivity index (χ2n) is 4.67. The van der Waals surface area contributed by atoms with E-state index in [1.807, 2.05) is 11.6 Å². The molecule has 0 saturated heterocycles. The molecule has 0 amide bonds. The molecule has 2 N–H and O–H groups in total. The highest BCUT2D eigenvalue weighted by atomic mass is 15.3. The van der Waals surface area contributed by atoms with Crippen LogP contribution >= 0.6 is 0 Å². The predicted octanol–water partition coefficient (Wildman–Crippen LogP) is 1.76. The molecule has 0 atom stereocenters. The van der Waals surface area contributed by atoms with Crippen LogP contribution in [0.15, 0.2) is 6.20 Å². The molecule has 104 valence electrons. The third-order valence-corrected chi connectivity index (χ3v) is 3.51. The van der Waals surface area contributed by atoms with Crippen LogP contribution in [0.2, 0.25) is 0 Å². The lowest BCUT2D eigenvalue weighted by atomic mass is 10.1. The van der Waals surface area contributed by atoms with Gasteiger partial charge < -0.3 is 5.32 Å². The summed E-state index contributed by atoms with van der Waals surface area (Å²) in [5, 5.41) is 15.4. The van der Waals surface area contributed by atoms with Gasteiger partial charge in [-0.05, 0) is 25.8 Å². The van der Waals surface area contributed by atoms with Crippen molar-refractivity contribution in [1.29, 1.82) is 0 Å². The van der Waals surface area contributed by atoms with E-state index in [9.17, 15) is 0 Å². The molecule has 0 bridgehead atoms. The van der Waals surface area contributed by atoms with Gasteiger partial charge in [0.05, 0.1) is 17.3 Å². The van der Waals surface area contributed by atoms with E-state index in [0.29, 0.717) is 11.6 Å². The van der Waals surface area contributed by atoms with Crippen molar-refractivity contribution in [3.05, 3.63) is 23.1 Å². The van der Waals surface area contributed by atoms with E-state index in [4.69, 9.17) is 0 Å². The zero-order valence-electron chi connectivity index (χ0n) is 12.0. The number of hydrogen-bond donors (Lipinski definition) is 2. The molecule has 3 aromatic rings. The van der Waals surface area contributed by atoms with Gasteiger partial charge in [0.2, 0.25) is 5.95 Å². The largest absolute Gasteiger partial charge is 0.357 e. The van der Waals surface area contributed by atoms with Gasteiger partial charge in [-0.25, -0.2) is 4.68 Å². The van der Waals surface area contributed by atoms with Crippen molar-refractivity contribution in [2.24, 2.45) is 0 Å². The molecule has 0 saturated carbocycles. The van der Waals surface area contributed by atoms with Crippen molar-refractivity contribution in [3.8, 4) is 5.82 Å². The van der Waals surface area contributed by atoms with Crippen LogP contribution in [0.25, 0.3) is 16.9 Å². The Hall–Kier alpha value is -2.44. The number of aryl methyl sites for hydroxylation is 1. The molecule has 0 aliphatic heterocycles. The number of hydrogen-bond acceptors (Lipinski definition) is 5. The van der Waals surface area contributed by atoms with Crippen LogP contribution in [-0.4, -0.2) is 37.0 Å². The van der Waals surface area contributed by atoms with Gasteiger partial charge in [-0.1, -0.05) is 6.92 Å². The summed E-state index contributed by atoms with van der Waals surface area (Å²) in [6, 6.07) is 0. The molecule has 0 radical (unpaired) electrons. The quantitative estimate of drug-likeness (QED) is 0.758. The third-order valence-electron chi connectivity index (χ3n) is 3.51. The van der Waals surface area contributed by atoms with E-state index in [1.165, 1.54) is 5.56 Å². The molecule has 7 nitrogen and oxygen atoms in total. The van der Waals surface area contributed by atoms with E-state index < -0.39 is 0 Å². The highest BCUT2D eigenvalue weighted by Crippen LogP contribution is 2.23. The lowest BCUT2D eigenvalue weighted by Gasteiger charge is -2.07. The number of nitrogens with one attached hydrogen (secondary N) is 2. The van der Waals surface area contributed by atoms with Crippen LogP contribution in [0.5, 0.6) is 0 Å². The number of H-pyrrole nitrogens is 1. The van der Waals surface area contributed by atoms with Gasteiger partial charge in [0.25, 0.3) is 0 Å². The molecule has 0 aliphatic carbocycles. The highest BCUT2D eigenvalue weighted by Gasteiger charge is 2.16. The minimum Gasteiger partial charge on any atom is -0.357 e. The first-order valence-electron chi connectivity index (χ1n) is 6.60. The van der Waals surface area contributed by atoms with Gasteiger partial charge in [0.15, 0.2) is 11.5 Å². The number of anilines is 1. The number of aromatic amines is 1. The molecule has 3 aromatic heterocycles. The molecule has 0 aliphatic rings. The summed E-state index contributed by atoms with van der Waals surface area (Å²) < 4.78 is 1.87. The zero-order valence-corrected chi connectivity index (χ0v) is 12.0. The molecular weight excluding hydrogens is 254 g/mol. The van der Waals surface area contributed by atoms with Gasteiger partial charge in [0.1, 0.15) is 0 Å². The Morgan fingerprint density at radius 1 is 1.30 bits per heavy atom. The average Bonchev–Trinajstić information content (AvgIpc) is 3.02. The van der Waals surface area contributed by atoms with Gasteiger partial charge in [-0.3, -0.25) is 5.10 Å². The Morgan fingerprint density at radius 3 is 2.75 bits per heavy atom. The van der Waals surface area contributed by atoms with E-state index >= 15 is 0 Å². The maximum Gasteiger partial charge on any atom is 0.226 e. The second-order valence-corrected chi connectivity index (χ2v) is 4.67. The average molecular weight is 271 g/mol. The predicted molar refractivity (Wildman–Crippen MR) is 77.2 cm³/mol. The molecule has 7 heteroatoms. The van der Waals surface area contributed by atoms with E-state index in [1.54, 1.807) is 13.2 Å². The standard InChI is InChI=1S/C13H17N7/c1-5-9-7(2)19-20(8(9)3)12-10-6-15-18-11(10)16-13(14-4)17-12/h6H,5H2,1-4H3,(H2,14,15,16,17,18). The number of fused-ring (bicyclic) bond motifs is 1. The summed E-state index contributed by atoms with van der Waals surface area (Å²) in [6.07, 6.45) is 2.68. The number of rotatable bonds is 3. The van der Waals surface area contributed by atoms with Gasteiger partial charge >= 0.3 is 0 Å². The summed E-state index contributed by atoms with van der Waals surface area (Å²) >= 11 is 0. The van der Waals surface area contributed by atoms with E-state index in [0.717, 1.165) is 29.0 Å². The van der Waals surface area contributed by atoms with E-state index in [2.05, 4.69) is 44.4 Å². The SMILES string of the molecule is CCc1c(C)nn(-c2nc(NC)nc3[nH]ncc23)c1C. The van der Waals surface area contributed by atoms with Gasteiger partial charge in [-0.15, -0.1) is 0 Å². The zero-order chi connectivity index (χ0) is 14.3. The first-order valence-corrected chi connectivity index (χ1v) is 6.60. The molecule has 0 aromatic carbocycles. The smallest absolute Gasteiger partial charge is 0.226 e. The summed E-state index contributed by atoms with van der Waals surface area (Å²) in [7, 11) is 1.79. The maximum absolute atomic E-state index is 4.61. The van der Waals surface area contributed by atoms with Crippen molar-refractivity contribution in [2.75, 3.05) is 12.4 Å². The lowest BCUT2D eigenvalue weighted by molar-refractivity contribution is 0.810. The van der Waals surface area contributed by atoms with Crippen LogP contribution < -0.4 is 5.32 Å². The fraction of sp³-hybridized carbons (Fsp3) is 0.385. The highest BCUT2D eigenvalue weighted by molar-refractivity contribution is 5.82. The maximum atomic E-state index is 4.61. The Labute approximate surface area is 116 Å². The fourth-order valence-electron chi connectivity index (χ4n) is 2.49. The van der Waals surface area contributed by atoms with Crippen molar-refractivity contribution < 1.29 is 0 Å². The van der Waals surface area contributed by atoms with E-state index in [-0.39, 0.29) is 0 Å². The third kappa shape index (κ3) is 1.74. The topological polar surface area (TPSA) is 84.3 Å². The number of nitrogens with zero attached hydrogens (tertiary/aromatic N) is 5. The van der Waals surface area contributed by atoms with Crippen LogP contribution in [0.4, 0.5) is 5.95 Å². The molecule has 0 fully saturated rings. The lowest BCUT2D eigenvalue weighted by Crippen LogP contribution is -2.06. The minimum atomic E-state index is 0.544. The van der Waals surface area contributed by atoms with Crippen LogP contribution in [-0.2, 0) is 6.42 Å². The summed E-state index contributed by atoms with van der Waals surface area (Å²) in [5.41, 5.74) is 4.09. The molecular formula is C13H17N7. The summed E-state index contributed by atoms with van der Waals surface area (Å²) in [4.78, 5) is 8.87. The van der Waals surface area contributed by atoms with Gasteiger partial charge in [-0.2, -0.15) is 20.2 Å². The first kappa shape index (κ1) is 12.6. The Kier molecular flexibility index (Phi) is 2.89. The molecule has 0 unspecified atom stereocenters. The molecule has 0 spiro atoms. The Bertz CT molecular complexity index is 768. The van der Waals surface area contributed by atoms with Crippen LogP contribution in [0.1, 0.15) is 23.9 Å². The first-order chi connectivity index (χ1) is 9.65.